The van der Waals surface area contributed by atoms with Crippen molar-refractivity contribution in [3.8, 4) is 22.8 Å². The number of amides is 1. The molecule has 0 bridgehead atoms. The van der Waals surface area contributed by atoms with Gasteiger partial charge in [-0.15, -0.1) is 0 Å². The van der Waals surface area contributed by atoms with E-state index in [9.17, 15) is 4.79 Å². The molecule has 33 heavy (non-hydrogen) atoms. The Labute approximate surface area is 197 Å². The maximum atomic E-state index is 12.8. The molecule has 0 radical (unpaired) electrons. The second kappa shape index (κ2) is 8.45. The van der Waals surface area contributed by atoms with Gasteiger partial charge in [0.25, 0.3) is 0 Å². The lowest BCUT2D eigenvalue weighted by molar-refractivity contribution is -0.117. The van der Waals surface area contributed by atoms with E-state index in [1.165, 1.54) is 5.56 Å². The van der Waals surface area contributed by atoms with Crippen LogP contribution < -0.4 is 4.90 Å². The summed E-state index contributed by atoms with van der Waals surface area (Å²) < 4.78 is 1.89. The second-order valence-corrected chi connectivity index (χ2v) is 9.02. The maximum Gasteiger partial charge on any atom is 0.233 e. The molecule has 0 saturated heterocycles. The summed E-state index contributed by atoms with van der Waals surface area (Å²) in [6.07, 6.45) is 3.89. The van der Waals surface area contributed by atoms with Crippen molar-refractivity contribution in [2.24, 2.45) is 7.05 Å². The van der Waals surface area contributed by atoms with E-state index in [0.717, 1.165) is 28.1 Å². The first-order chi connectivity index (χ1) is 15.9. The highest BCUT2D eigenvalue weighted by Gasteiger charge is 2.30. The Hall–Kier alpha value is -3.51. The Kier molecular flexibility index (Phi) is 5.46. The Morgan fingerprint density at radius 3 is 2.52 bits per heavy atom. The van der Waals surface area contributed by atoms with Gasteiger partial charge in [-0.05, 0) is 17.0 Å². The van der Waals surface area contributed by atoms with Crippen molar-refractivity contribution in [2.75, 3.05) is 4.90 Å². The first-order valence-electron chi connectivity index (χ1n) is 10.9. The van der Waals surface area contributed by atoms with Gasteiger partial charge in [-0.3, -0.25) is 9.69 Å². The third-order valence-electron chi connectivity index (χ3n) is 5.96. The monoisotopic (exact) mass is 457 g/mol. The second-order valence-electron chi connectivity index (χ2n) is 8.64. The normalized spacial score (nSPS) is 13.1. The first-order valence-corrected chi connectivity index (χ1v) is 11.3. The molecular weight excluding hydrogens is 434 g/mol. The molecule has 0 N–H and O–H groups in total. The van der Waals surface area contributed by atoms with Crippen molar-refractivity contribution in [1.29, 1.82) is 0 Å². The number of aromatic nitrogens is 4. The molecule has 4 aromatic rings. The van der Waals surface area contributed by atoms with Crippen molar-refractivity contribution in [1.82, 2.24) is 19.5 Å². The Morgan fingerprint density at radius 2 is 1.82 bits per heavy atom. The van der Waals surface area contributed by atoms with Gasteiger partial charge < -0.3 is 4.57 Å². The van der Waals surface area contributed by atoms with E-state index in [4.69, 9.17) is 16.6 Å². The molecule has 1 aliphatic heterocycles. The molecule has 5 rings (SSSR count). The molecule has 2 aromatic carbocycles. The van der Waals surface area contributed by atoms with Gasteiger partial charge in [-0.1, -0.05) is 74.0 Å². The van der Waals surface area contributed by atoms with Gasteiger partial charge in [-0.25, -0.2) is 15.0 Å². The first kappa shape index (κ1) is 21.3. The molecule has 3 heterocycles. The average molecular weight is 458 g/mol. The van der Waals surface area contributed by atoms with Crippen molar-refractivity contribution in [3.63, 3.8) is 0 Å². The minimum absolute atomic E-state index is 0.0357. The number of hydrogen-bond donors (Lipinski definition) is 0. The number of hydrogen-bond acceptors (Lipinski definition) is 4. The Balaban J connectivity index is 1.44. The molecule has 0 atom stereocenters. The SMILES string of the molecule is CC(C)c1ccccc1-c1ncc2c(n1)N(Cc1ccc(-c3nc(Cl)cn3C)cc1)C(=O)C2. The number of imidazole rings is 1. The molecule has 6 nitrogen and oxygen atoms in total. The average Bonchev–Trinajstić information content (AvgIpc) is 3.31. The summed E-state index contributed by atoms with van der Waals surface area (Å²) in [5, 5.41) is 0.463. The van der Waals surface area contributed by atoms with E-state index in [1.807, 2.05) is 54.1 Å². The van der Waals surface area contributed by atoms with E-state index < -0.39 is 0 Å². The Morgan fingerprint density at radius 1 is 1.06 bits per heavy atom. The van der Waals surface area contributed by atoms with Crippen LogP contribution in [-0.2, 0) is 24.8 Å². The van der Waals surface area contributed by atoms with Gasteiger partial charge in [0.1, 0.15) is 16.8 Å². The van der Waals surface area contributed by atoms with E-state index in [1.54, 1.807) is 17.3 Å². The largest absolute Gasteiger partial charge is 0.332 e. The van der Waals surface area contributed by atoms with Crippen LogP contribution in [0.2, 0.25) is 5.15 Å². The van der Waals surface area contributed by atoms with Crippen LogP contribution in [0.25, 0.3) is 22.8 Å². The number of carbonyl (C=O) groups excluding carboxylic acids is 1. The fourth-order valence-corrected chi connectivity index (χ4v) is 4.50. The number of aryl methyl sites for hydroxylation is 1. The lowest BCUT2D eigenvalue weighted by Crippen LogP contribution is -2.26. The predicted molar refractivity (Wildman–Crippen MR) is 130 cm³/mol. The van der Waals surface area contributed by atoms with Crippen LogP contribution in [0.5, 0.6) is 0 Å². The zero-order valence-corrected chi connectivity index (χ0v) is 19.5. The number of benzene rings is 2. The number of rotatable bonds is 5. The van der Waals surface area contributed by atoms with E-state index in [0.29, 0.717) is 35.7 Å². The molecule has 0 spiro atoms. The molecular formula is C26H24ClN5O. The predicted octanol–water partition coefficient (Wildman–Crippen LogP) is 5.41. The van der Waals surface area contributed by atoms with Gasteiger partial charge in [0, 0.05) is 36.1 Å². The van der Waals surface area contributed by atoms with Crippen LogP contribution in [0, 0.1) is 0 Å². The summed E-state index contributed by atoms with van der Waals surface area (Å²) in [6.45, 7) is 4.77. The summed E-state index contributed by atoms with van der Waals surface area (Å²) in [7, 11) is 1.91. The number of fused-ring (bicyclic) bond motifs is 1. The highest BCUT2D eigenvalue weighted by atomic mass is 35.5. The van der Waals surface area contributed by atoms with Gasteiger partial charge in [0.15, 0.2) is 5.82 Å². The molecule has 2 aromatic heterocycles. The van der Waals surface area contributed by atoms with Crippen molar-refractivity contribution in [2.45, 2.75) is 32.7 Å². The van der Waals surface area contributed by atoms with Crippen LogP contribution >= 0.6 is 11.6 Å². The van der Waals surface area contributed by atoms with Crippen LogP contribution in [0.3, 0.4) is 0 Å². The van der Waals surface area contributed by atoms with Crippen LogP contribution in [0.15, 0.2) is 60.9 Å². The van der Waals surface area contributed by atoms with Crippen LogP contribution in [0.4, 0.5) is 5.82 Å². The van der Waals surface area contributed by atoms with Crippen molar-refractivity contribution in [3.05, 3.63) is 82.8 Å². The zero-order chi connectivity index (χ0) is 23.1. The van der Waals surface area contributed by atoms with Gasteiger partial charge in [-0.2, -0.15) is 0 Å². The van der Waals surface area contributed by atoms with Crippen molar-refractivity contribution >= 4 is 23.3 Å². The molecule has 0 unspecified atom stereocenters. The van der Waals surface area contributed by atoms with Gasteiger partial charge in [0.05, 0.1) is 13.0 Å². The third-order valence-corrected chi connectivity index (χ3v) is 6.15. The fraction of sp³-hybridized carbons (Fsp3) is 0.231. The van der Waals surface area contributed by atoms with Crippen molar-refractivity contribution < 1.29 is 4.79 Å². The summed E-state index contributed by atoms with van der Waals surface area (Å²) in [5.74, 6) is 2.54. The molecule has 1 amide bonds. The summed E-state index contributed by atoms with van der Waals surface area (Å²) >= 11 is 6.02. The van der Waals surface area contributed by atoms with Gasteiger partial charge in [0.2, 0.25) is 5.91 Å². The van der Waals surface area contributed by atoms with E-state index in [-0.39, 0.29) is 5.91 Å². The number of nitrogens with zero attached hydrogens (tertiary/aromatic N) is 5. The highest BCUT2D eigenvalue weighted by molar-refractivity contribution is 6.29. The van der Waals surface area contributed by atoms with Crippen LogP contribution in [-0.4, -0.2) is 25.4 Å². The van der Waals surface area contributed by atoms with E-state index >= 15 is 0 Å². The quantitative estimate of drug-likeness (QED) is 0.402. The minimum Gasteiger partial charge on any atom is -0.332 e. The topological polar surface area (TPSA) is 63.9 Å². The minimum atomic E-state index is 0.0357. The number of halogens is 1. The summed E-state index contributed by atoms with van der Waals surface area (Å²) in [5.41, 5.74) is 5.05. The highest BCUT2D eigenvalue weighted by Crippen LogP contribution is 2.33. The van der Waals surface area contributed by atoms with Gasteiger partial charge >= 0.3 is 0 Å². The van der Waals surface area contributed by atoms with Crippen LogP contribution in [0.1, 0.15) is 36.5 Å². The molecule has 0 aliphatic carbocycles. The third kappa shape index (κ3) is 4.02. The molecule has 7 heteroatoms. The number of anilines is 1. The lowest BCUT2D eigenvalue weighted by Gasteiger charge is -2.18. The molecule has 166 valence electrons. The molecule has 1 aliphatic rings. The molecule has 0 fully saturated rings. The Bertz CT molecular complexity index is 1340. The number of carbonyl (C=O) groups is 1. The zero-order valence-electron chi connectivity index (χ0n) is 18.8. The standard InChI is InChI=1S/C26H24ClN5O/c1-16(2)20-6-4-5-7-21(20)24-28-13-19-12-23(33)32(26(19)30-24)14-17-8-10-18(11-9-17)25-29-22(27)15-31(25)3/h4-11,13,15-16H,12,14H2,1-3H3. The lowest BCUT2D eigenvalue weighted by atomic mass is 9.97. The fourth-order valence-electron chi connectivity index (χ4n) is 4.27. The summed E-state index contributed by atoms with van der Waals surface area (Å²) in [4.78, 5) is 28.4. The molecule has 0 saturated carbocycles. The van der Waals surface area contributed by atoms with E-state index in [2.05, 4.69) is 29.9 Å². The smallest absolute Gasteiger partial charge is 0.233 e. The maximum absolute atomic E-state index is 12.8. The summed E-state index contributed by atoms with van der Waals surface area (Å²) in [6, 6.07) is 16.2.